The fourth-order valence-electron chi connectivity index (χ4n) is 2.51. The van der Waals surface area contributed by atoms with E-state index in [2.05, 4.69) is 5.10 Å². The average Bonchev–Trinajstić information content (AvgIpc) is 3.00. The molecule has 26 heavy (non-hydrogen) atoms. The minimum Gasteiger partial charge on any atom is -0.497 e. The number of carbonyl (C=O) groups excluding carboxylic acids is 2. The van der Waals surface area contributed by atoms with Crippen LogP contribution in [0.3, 0.4) is 0 Å². The van der Waals surface area contributed by atoms with Crippen molar-refractivity contribution in [1.82, 2.24) is 0 Å². The predicted octanol–water partition coefficient (Wildman–Crippen LogP) is 3.04. The molecule has 0 N–H and O–H groups in total. The molecule has 0 saturated carbocycles. The third kappa shape index (κ3) is 3.49. The van der Waals surface area contributed by atoms with Crippen molar-refractivity contribution in [2.75, 3.05) is 18.7 Å². The van der Waals surface area contributed by atoms with Crippen LogP contribution in [0.4, 0.5) is 5.69 Å². The Hall–Kier alpha value is -3.41. The predicted molar refractivity (Wildman–Crippen MR) is 99.0 cm³/mol. The molecule has 0 bridgehead atoms. The molecule has 6 heteroatoms. The molecule has 0 fully saturated rings. The largest absolute Gasteiger partial charge is 0.497 e. The summed E-state index contributed by atoms with van der Waals surface area (Å²) in [6, 6.07) is 16.1. The quantitative estimate of drug-likeness (QED) is 0.614. The Morgan fingerprint density at radius 2 is 1.81 bits per heavy atom. The second-order valence-corrected chi connectivity index (χ2v) is 5.45. The van der Waals surface area contributed by atoms with Crippen LogP contribution in [0.15, 0.2) is 65.3 Å². The van der Waals surface area contributed by atoms with Crippen LogP contribution in [0.2, 0.25) is 0 Å². The lowest BCUT2D eigenvalue weighted by molar-refractivity contribution is -0.135. The van der Waals surface area contributed by atoms with Gasteiger partial charge in [0, 0.05) is 0 Å². The highest BCUT2D eigenvalue weighted by Gasteiger charge is 2.35. The summed E-state index contributed by atoms with van der Waals surface area (Å²) < 4.78 is 10.2. The number of rotatable bonds is 5. The van der Waals surface area contributed by atoms with E-state index in [1.807, 2.05) is 6.07 Å². The zero-order valence-corrected chi connectivity index (χ0v) is 14.5. The minimum atomic E-state index is -0.626. The van der Waals surface area contributed by atoms with Crippen molar-refractivity contribution in [1.29, 1.82) is 0 Å². The fourth-order valence-corrected chi connectivity index (χ4v) is 2.51. The molecular formula is C20H18N2O4. The highest BCUT2D eigenvalue weighted by Crippen LogP contribution is 2.25. The van der Waals surface area contributed by atoms with E-state index in [0.717, 1.165) is 5.56 Å². The summed E-state index contributed by atoms with van der Waals surface area (Å²) in [6.07, 6.45) is 1.63. The van der Waals surface area contributed by atoms with E-state index < -0.39 is 5.97 Å². The number of anilines is 1. The van der Waals surface area contributed by atoms with E-state index in [1.165, 1.54) is 5.01 Å². The van der Waals surface area contributed by atoms with Gasteiger partial charge in [0.1, 0.15) is 5.75 Å². The first kappa shape index (κ1) is 17.4. The van der Waals surface area contributed by atoms with Gasteiger partial charge in [-0.25, -0.2) is 4.79 Å². The molecule has 0 unspecified atom stereocenters. The molecule has 6 nitrogen and oxygen atoms in total. The summed E-state index contributed by atoms with van der Waals surface area (Å²) in [6.45, 7) is 1.91. The summed E-state index contributed by atoms with van der Waals surface area (Å²) in [5.74, 6) is -0.302. The van der Waals surface area contributed by atoms with Gasteiger partial charge in [-0.2, -0.15) is 10.1 Å². The van der Waals surface area contributed by atoms with Crippen LogP contribution in [0, 0.1) is 0 Å². The van der Waals surface area contributed by atoms with Gasteiger partial charge in [0.05, 0.1) is 25.0 Å². The van der Waals surface area contributed by atoms with Gasteiger partial charge in [0.25, 0.3) is 5.91 Å². The number of nitrogens with zero attached hydrogens (tertiary/aromatic N) is 2. The summed E-state index contributed by atoms with van der Waals surface area (Å²) in [5.41, 5.74) is 1.52. The number of ether oxygens (including phenoxy) is 2. The van der Waals surface area contributed by atoms with E-state index in [1.54, 1.807) is 68.6 Å². The van der Waals surface area contributed by atoms with Crippen LogP contribution >= 0.6 is 0 Å². The lowest BCUT2D eigenvalue weighted by atomic mass is 10.1. The third-order valence-electron chi connectivity index (χ3n) is 3.77. The Balaban J connectivity index is 2.00. The van der Waals surface area contributed by atoms with E-state index in [0.29, 0.717) is 11.4 Å². The molecule has 0 atom stereocenters. The van der Waals surface area contributed by atoms with Crippen LogP contribution in [-0.2, 0) is 14.3 Å². The lowest BCUT2D eigenvalue weighted by Crippen LogP contribution is -2.22. The SMILES string of the molecule is CCOC(=O)C1=NN(c2ccccc2)C(=O)/C1=C\c1ccc(OC)cc1. The molecule has 0 radical (unpaired) electrons. The average molecular weight is 350 g/mol. The molecule has 1 heterocycles. The molecule has 132 valence electrons. The first-order chi connectivity index (χ1) is 12.6. The van der Waals surface area contributed by atoms with Gasteiger partial charge < -0.3 is 9.47 Å². The lowest BCUT2D eigenvalue weighted by Gasteiger charge is -2.10. The van der Waals surface area contributed by atoms with Crippen molar-refractivity contribution in [3.05, 3.63) is 65.7 Å². The van der Waals surface area contributed by atoms with Crippen LogP contribution in [0.25, 0.3) is 6.08 Å². The molecule has 0 saturated heterocycles. The number of para-hydroxylation sites is 1. The number of hydrogen-bond acceptors (Lipinski definition) is 5. The molecule has 1 amide bonds. The third-order valence-corrected chi connectivity index (χ3v) is 3.77. The summed E-state index contributed by atoms with van der Waals surface area (Å²) in [4.78, 5) is 25.1. The van der Waals surface area contributed by atoms with Gasteiger partial charge in [-0.1, -0.05) is 30.3 Å². The highest BCUT2D eigenvalue weighted by atomic mass is 16.5. The summed E-state index contributed by atoms with van der Waals surface area (Å²) >= 11 is 0. The van der Waals surface area contributed by atoms with Crippen LogP contribution in [0.5, 0.6) is 5.75 Å². The van der Waals surface area contributed by atoms with Gasteiger partial charge in [0.2, 0.25) is 0 Å². The van der Waals surface area contributed by atoms with Gasteiger partial charge in [-0.05, 0) is 42.8 Å². The maximum Gasteiger partial charge on any atom is 0.359 e. The molecule has 2 aromatic rings. The maximum absolute atomic E-state index is 12.9. The zero-order chi connectivity index (χ0) is 18.5. The van der Waals surface area contributed by atoms with Gasteiger partial charge >= 0.3 is 5.97 Å². The van der Waals surface area contributed by atoms with E-state index >= 15 is 0 Å². The Morgan fingerprint density at radius 1 is 1.12 bits per heavy atom. The van der Waals surface area contributed by atoms with Crippen LogP contribution < -0.4 is 9.75 Å². The number of benzene rings is 2. The monoisotopic (exact) mass is 350 g/mol. The van der Waals surface area contributed by atoms with Crippen molar-refractivity contribution in [3.8, 4) is 5.75 Å². The van der Waals surface area contributed by atoms with E-state index in [-0.39, 0.29) is 23.8 Å². The van der Waals surface area contributed by atoms with Crippen molar-refractivity contribution in [2.45, 2.75) is 6.92 Å². The molecule has 0 spiro atoms. The standard InChI is InChI=1S/C20H18N2O4/c1-3-26-20(24)18-17(13-14-9-11-16(25-2)12-10-14)19(23)22(21-18)15-7-5-4-6-8-15/h4-13H,3H2,1-2H3/b17-13-. The fraction of sp³-hybridized carbons (Fsp3) is 0.150. The van der Waals surface area contributed by atoms with Gasteiger partial charge in [-0.3, -0.25) is 4.79 Å². The number of esters is 1. The molecule has 1 aliphatic heterocycles. The second kappa shape index (κ2) is 7.65. The first-order valence-electron chi connectivity index (χ1n) is 8.15. The van der Waals surface area contributed by atoms with Crippen molar-refractivity contribution < 1.29 is 19.1 Å². The second-order valence-electron chi connectivity index (χ2n) is 5.45. The topological polar surface area (TPSA) is 68.2 Å². The van der Waals surface area contributed by atoms with Gasteiger partial charge in [-0.15, -0.1) is 0 Å². The molecule has 0 aliphatic carbocycles. The van der Waals surface area contributed by atoms with Crippen molar-refractivity contribution in [2.24, 2.45) is 5.10 Å². The Kier molecular flexibility index (Phi) is 5.12. The van der Waals surface area contributed by atoms with Crippen LogP contribution in [-0.4, -0.2) is 31.3 Å². The van der Waals surface area contributed by atoms with E-state index in [4.69, 9.17) is 9.47 Å². The summed E-state index contributed by atoms with van der Waals surface area (Å²) in [5, 5.41) is 5.41. The molecule has 2 aromatic carbocycles. The summed E-state index contributed by atoms with van der Waals surface area (Å²) in [7, 11) is 1.58. The Morgan fingerprint density at radius 3 is 2.42 bits per heavy atom. The molecular weight excluding hydrogens is 332 g/mol. The first-order valence-corrected chi connectivity index (χ1v) is 8.15. The maximum atomic E-state index is 12.9. The number of amides is 1. The number of methoxy groups -OCH3 is 1. The molecule has 3 rings (SSSR count). The number of hydrogen-bond donors (Lipinski definition) is 0. The van der Waals surface area contributed by atoms with Gasteiger partial charge in [0.15, 0.2) is 5.71 Å². The number of hydrazone groups is 1. The minimum absolute atomic E-state index is 0.00322. The van der Waals surface area contributed by atoms with Crippen molar-refractivity contribution in [3.63, 3.8) is 0 Å². The van der Waals surface area contributed by atoms with Crippen LogP contribution in [0.1, 0.15) is 12.5 Å². The smallest absolute Gasteiger partial charge is 0.359 e. The van der Waals surface area contributed by atoms with Crippen molar-refractivity contribution >= 4 is 29.4 Å². The van der Waals surface area contributed by atoms with E-state index in [9.17, 15) is 9.59 Å². The normalized spacial score (nSPS) is 15.2. The zero-order valence-electron chi connectivity index (χ0n) is 14.5. The molecule has 1 aliphatic rings. The highest BCUT2D eigenvalue weighted by molar-refractivity contribution is 6.54. The Bertz CT molecular complexity index is 870. The Labute approximate surface area is 151 Å². The molecule has 0 aromatic heterocycles. The number of carbonyl (C=O) groups is 2.